The Hall–Kier alpha value is -0.200. The van der Waals surface area contributed by atoms with Crippen molar-refractivity contribution in [1.29, 1.82) is 0 Å². The second-order valence-electron chi connectivity index (χ2n) is 7.73. The number of hydrogen-bond donors (Lipinski definition) is 0. The Morgan fingerprint density at radius 2 is 1.91 bits per heavy atom. The van der Waals surface area contributed by atoms with E-state index in [4.69, 9.17) is 24.0 Å². The van der Waals surface area contributed by atoms with E-state index in [9.17, 15) is 0 Å². The van der Waals surface area contributed by atoms with Gasteiger partial charge in [0, 0.05) is 24.9 Å². The quantitative estimate of drug-likeness (QED) is 0.733. The summed E-state index contributed by atoms with van der Waals surface area (Å²) in [5.74, 6) is 0.957. The number of fused-ring (bicyclic) bond motifs is 2. The molecule has 0 radical (unpaired) electrons. The van der Waals surface area contributed by atoms with Crippen LogP contribution in [-0.4, -0.2) is 30.6 Å². The fourth-order valence-electron chi connectivity index (χ4n) is 5.23. The molecule has 1 aliphatic carbocycles. The summed E-state index contributed by atoms with van der Waals surface area (Å²) in [6.07, 6.45) is 3.66. The molecule has 0 aromatic carbocycles. The minimum Gasteiger partial charge on any atom is -0.353 e. The maximum atomic E-state index is 6.25. The zero-order valence-corrected chi connectivity index (χ0v) is 14.0. The average Bonchev–Trinajstić information content (AvgIpc) is 2.71. The summed E-state index contributed by atoms with van der Waals surface area (Å²) >= 11 is 0. The molecule has 0 N–H and O–H groups in total. The van der Waals surface area contributed by atoms with Crippen LogP contribution in [0.25, 0.3) is 0 Å². The molecule has 0 aromatic rings. The van der Waals surface area contributed by atoms with Crippen LogP contribution in [0.4, 0.5) is 0 Å². The molecule has 5 fully saturated rings. The van der Waals surface area contributed by atoms with Crippen molar-refractivity contribution in [2.75, 3.05) is 6.61 Å². The third kappa shape index (κ3) is 1.96. The van der Waals surface area contributed by atoms with E-state index in [1.807, 2.05) is 13.8 Å². The maximum Gasteiger partial charge on any atom is 0.201 e. The third-order valence-electron chi connectivity index (χ3n) is 6.43. The van der Waals surface area contributed by atoms with E-state index in [0.717, 1.165) is 19.3 Å². The van der Waals surface area contributed by atoms with Gasteiger partial charge in [0.15, 0.2) is 18.2 Å². The Balaban J connectivity index is 1.75. The Bertz CT molecular complexity index is 443. The van der Waals surface area contributed by atoms with Gasteiger partial charge in [-0.05, 0) is 44.9 Å². The van der Waals surface area contributed by atoms with Crippen molar-refractivity contribution in [3.05, 3.63) is 0 Å². The van der Waals surface area contributed by atoms with Gasteiger partial charge in [0.1, 0.15) is 0 Å². The van der Waals surface area contributed by atoms with Crippen LogP contribution in [0.2, 0.25) is 0 Å². The Morgan fingerprint density at radius 3 is 2.68 bits per heavy atom. The van der Waals surface area contributed by atoms with E-state index in [2.05, 4.69) is 13.8 Å². The largest absolute Gasteiger partial charge is 0.353 e. The molecule has 2 bridgehead atoms. The summed E-state index contributed by atoms with van der Waals surface area (Å²) < 4.78 is 18.3. The zero-order valence-electron chi connectivity index (χ0n) is 14.0. The summed E-state index contributed by atoms with van der Waals surface area (Å²) in [6.45, 7) is 9.15. The lowest BCUT2D eigenvalue weighted by atomic mass is 9.58. The fraction of sp³-hybridized carbons (Fsp3) is 1.00. The molecule has 0 aromatic heterocycles. The van der Waals surface area contributed by atoms with Crippen LogP contribution in [0, 0.1) is 23.7 Å². The molecular weight excluding hydrogens is 284 g/mol. The highest BCUT2D eigenvalue weighted by Gasteiger charge is 2.69. The molecule has 1 spiro atoms. The normalized spacial score (nSPS) is 57.3. The molecule has 0 amide bonds. The lowest BCUT2D eigenvalue weighted by Gasteiger charge is -2.60. The van der Waals surface area contributed by atoms with Gasteiger partial charge in [-0.2, -0.15) is 0 Å². The molecule has 4 heterocycles. The van der Waals surface area contributed by atoms with Crippen LogP contribution in [0.1, 0.15) is 53.4 Å². The molecule has 126 valence electrons. The summed E-state index contributed by atoms with van der Waals surface area (Å²) in [5, 5.41) is 0. The van der Waals surface area contributed by atoms with Crippen molar-refractivity contribution in [3.8, 4) is 0 Å². The zero-order chi connectivity index (χ0) is 15.5. The van der Waals surface area contributed by atoms with Gasteiger partial charge in [0.2, 0.25) is 5.79 Å². The highest BCUT2D eigenvalue weighted by molar-refractivity contribution is 5.09. The molecular formula is C17H28O5. The van der Waals surface area contributed by atoms with Gasteiger partial charge in [-0.25, -0.2) is 9.78 Å². The predicted molar refractivity (Wildman–Crippen MR) is 78.5 cm³/mol. The first-order valence-electron chi connectivity index (χ1n) is 8.82. The van der Waals surface area contributed by atoms with Crippen molar-refractivity contribution < 1.29 is 24.0 Å². The molecule has 1 saturated carbocycles. The molecule has 8 atom stereocenters. The van der Waals surface area contributed by atoms with Crippen LogP contribution in [0.15, 0.2) is 0 Å². The molecule has 5 nitrogen and oxygen atoms in total. The van der Waals surface area contributed by atoms with Crippen molar-refractivity contribution in [2.45, 2.75) is 77.3 Å². The lowest BCUT2D eigenvalue weighted by Crippen LogP contribution is -2.70. The second-order valence-corrected chi connectivity index (χ2v) is 7.73. The van der Waals surface area contributed by atoms with E-state index < -0.39 is 11.4 Å². The van der Waals surface area contributed by atoms with E-state index in [1.54, 1.807) is 0 Å². The van der Waals surface area contributed by atoms with Crippen molar-refractivity contribution in [3.63, 3.8) is 0 Å². The van der Waals surface area contributed by atoms with Gasteiger partial charge in [-0.15, -0.1) is 0 Å². The van der Waals surface area contributed by atoms with E-state index in [1.165, 1.54) is 6.42 Å². The van der Waals surface area contributed by atoms with Crippen molar-refractivity contribution in [1.82, 2.24) is 0 Å². The van der Waals surface area contributed by atoms with Crippen molar-refractivity contribution in [2.24, 2.45) is 23.7 Å². The molecule has 22 heavy (non-hydrogen) atoms. The van der Waals surface area contributed by atoms with E-state index >= 15 is 0 Å². The molecule has 5 heteroatoms. The van der Waals surface area contributed by atoms with Crippen LogP contribution in [0.5, 0.6) is 0 Å². The average molecular weight is 312 g/mol. The number of hydrogen-bond acceptors (Lipinski definition) is 5. The number of ether oxygens (including phenoxy) is 3. The van der Waals surface area contributed by atoms with Crippen molar-refractivity contribution >= 4 is 0 Å². The van der Waals surface area contributed by atoms with Crippen LogP contribution < -0.4 is 0 Å². The first-order valence-corrected chi connectivity index (χ1v) is 8.82. The van der Waals surface area contributed by atoms with E-state index in [-0.39, 0.29) is 18.5 Å². The Kier molecular flexibility index (Phi) is 3.59. The number of rotatable bonds is 2. The topological polar surface area (TPSA) is 46.2 Å². The molecule has 1 unspecified atom stereocenters. The fourth-order valence-corrected chi connectivity index (χ4v) is 5.23. The highest BCUT2D eigenvalue weighted by Crippen LogP contribution is 2.60. The highest BCUT2D eigenvalue weighted by atomic mass is 17.3. The van der Waals surface area contributed by atoms with Crippen LogP contribution in [0.3, 0.4) is 0 Å². The lowest BCUT2D eigenvalue weighted by molar-refractivity contribution is -0.577. The molecule has 4 saturated heterocycles. The van der Waals surface area contributed by atoms with Gasteiger partial charge in [0.05, 0.1) is 0 Å². The summed E-state index contributed by atoms with van der Waals surface area (Å²) in [4.78, 5) is 11.9. The van der Waals surface area contributed by atoms with Gasteiger partial charge in [-0.3, -0.25) is 0 Å². The van der Waals surface area contributed by atoms with Gasteiger partial charge < -0.3 is 14.2 Å². The summed E-state index contributed by atoms with van der Waals surface area (Å²) in [6, 6.07) is 0. The minimum atomic E-state index is -0.700. The Morgan fingerprint density at radius 1 is 1.09 bits per heavy atom. The van der Waals surface area contributed by atoms with Gasteiger partial charge in [0.25, 0.3) is 0 Å². The summed E-state index contributed by atoms with van der Waals surface area (Å²) in [7, 11) is 0. The molecule has 4 aliphatic heterocycles. The first kappa shape index (κ1) is 15.3. The second kappa shape index (κ2) is 5.15. The SMILES string of the molecule is CCO[C@H]1O[C@@H]2O[C@]3(C)CCC4[C@H](C)CC[C@@H]([C@H]1C)[C@]42OO3. The minimum absolute atomic E-state index is 0.216. The first-order chi connectivity index (χ1) is 10.5. The summed E-state index contributed by atoms with van der Waals surface area (Å²) in [5.41, 5.74) is -0.472. The maximum absolute atomic E-state index is 6.25. The molecule has 5 rings (SSSR count). The monoisotopic (exact) mass is 312 g/mol. The van der Waals surface area contributed by atoms with Crippen LogP contribution in [-0.2, 0) is 24.0 Å². The smallest absolute Gasteiger partial charge is 0.201 e. The molecule has 5 aliphatic rings. The Labute approximate surface area is 132 Å². The predicted octanol–water partition coefficient (Wildman–Crippen LogP) is 3.23. The van der Waals surface area contributed by atoms with Gasteiger partial charge >= 0.3 is 0 Å². The van der Waals surface area contributed by atoms with E-state index in [0.29, 0.717) is 24.4 Å². The standard InChI is InChI=1S/C17H28O5/c1-5-18-14-11(3)13-7-6-10(2)12-8-9-16(4)20-15(19-14)17(12,13)22-21-16/h10-15H,5-9H2,1-4H3/t10-,11-,12?,13+,14+,15-,16+,17-/m1/s1. The van der Waals surface area contributed by atoms with Gasteiger partial charge in [-0.1, -0.05) is 13.8 Å². The third-order valence-corrected chi connectivity index (χ3v) is 6.43. The van der Waals surface area contributed by atoms with Crippen LogP contribution >= 0.6 is 0 Å².